The Morgan fingerprint density at radius 2 is 2.00 bits per heavy atom. The standard InChI is InChI=1S/C16H13FN2O6/c1-9-2-4-11(14(20)6-9)16(22)25-8-15(21)18-13-7-10(19(23)24)3-5-12(13)17/h2-7,20H,8H2,1H3,(H,18,21). The van der Waals surface area contributed by atoms with E-state index in [4.69, 9.17) is 4.74 Å². The second-order valence-electron chi connectivity index (χ2n) is 5.07. The van der Waals surface area contributed by atoms with Crippen molar-refractivity contribution >= 4 is 23.3 Å². The van der Waals surface area contributed by atoms with E-state index in [1.807, 2.05) is 0 Å². The van der Waals surface area contributed by atoms with Crippen molar-refractivity contribution in [1.82, 2.24) is 0 Å². The number of hydrogen-bond donors (Lipinski definition) is 2. The molecule has 0 atom stereocenters. The zero-order valence-corrected chi connectivity index (χ0v) is 13.0. The predicted molar refractivity (Wildman–Crippen MR) is 84.8 cm³/mol. The summed E-state index contributed by atoms with van der Waals surface area (Å²) < 4.78 is 18.3. The monoisotopic (exact) mass is 348 g/mol. The maximum atomic E-state index is 13.6. The zero-order chi connectivity index (χ0) is 18.6. The largest absolute Gasteiger partial charge is 0.507 e. The molecule has 0 aliphatic heterocycles. The third kappa shape index (κ3) is 4.50. The average Bonchev–Trinajstić information content (AvgIpc) is 2.54. The van der Waals surface area contributed by atoms with Gasteiger partial charge in [-0.05, 0) is 30.7 Å². The first kappa shape index (κ1) is 17.9. The van der Waals surface area contributed by atoms with Crippen LogP contribution in [0.1, 0.15) is 15.9 Å². The maximum absolute atomic E-state index is 13.6. The van der Waals surface area contributed by atoms with E-state index in [2.05, 4.69) is 5.32 Å². The number of halogens is 1. The molecule has 0 aliphatic carbocycles. The third-order valence-corrected chi connectivity index (χ3v) is 3.14. The second kappa shape index (κ2) is 7.39. The van der Waals surface area contributed by atoms with Crippen molar-refractivity contribution < 1.29 is 28.7 Å². The molecule has 2 aromatic rings. The van der Waals surface area contributed by atoms with E-state index in [1.165, 1.54) is 12.1 Å². The Morgan fingerprint density at radius 1 is 1.28 bits per heavy atom. The quantitative estimate of drug-likeness (QED) is 0.487. The number of aromatic hydroxyl groups is 1. The lowest BCUT2D eigenvalue weighted by Crippen LogP contribution is -2.21. The van der Waals surface area contributed by atoms with Gasteiger partial charge in [-0.3, -0.25) is 14.9 Å². The maximum Gasteiger partial charge on any atom is 0.342 e. The van der Waals surface area contributed by atoms with Gasteiger partial charge in [0.05, 0.1) is 10.6 Å². The van der Waals surface area contributed by atoms with Crippen LogP contribution in [0.4, 0.5) is 15.8 Å². The minimum Gasteiger partial charge on any atom is -0.507 e. The number of rotatable bonds is 5. The number of nitro benzene ring substituents is 1. The zero-order valence-electron chi connectivity index (χ0n) is 13.0. The van der Waals surface area contributed by atoms with Gasteiger partial charge >= 0.3 is 5.97 Å². The number of nitrogens with one attached hydrogen (secondary N) is 1. The number of aryl methyl sites for hydroxylation is 1. The number of amides is 1. The van der Waals surface area contributed by atoms with E-state index in [0.29, 0.717) is 0 Å². The number of anilines is 1. The smallest absolute Gasteiger partial charge is 0.342 e. The van der Waals surface area contributed by atoms with Gasteiger partial charge in [0.1, 0.15) is 17.1 Å². The summed E-state index contributed by atoms with van der Waals surface area (Å²) in [6.07, 6.45) is 0. The van der Waals surface area contributed by atoms with Crippen LogP contribution in [0, 0.1) is 22.9 Å². The summed E-state index contributed by atoms with van der Waals surface area (Å²) >= 11 is 0. The van der Waals surface area contributed by atoms with Crippen LogP contribution >= 0.6 is 0 Å². The molecular formula is C16H13FN2O6. The van der Waals surface area contributed by atoms with Gasteiger partial charge in [0.2, 0.25) is 0 Å². The molecule has 2 rings (SSSR count). The van der Waals surface area contributed by atoms with E-state index in [9.17, 15) is 29.2 Å². The summed E-state index contributed by atoms with van der Waals surface area (Å²) in [4.78, 5) is 33.5. The van der Waals surface area contributed by atoms with Gasteiger partial charge in [0.25, 0.3) is 11.6 Å². The fourth-order valence-corrected chi connectivity index (χ4v) is 1.93. The van der Waals surface area contributed by atoms with Crippen LogP contribution in [-0.2, 0) is 9.53 Å². The molecule has 0 saturated carbocycles. The number of benzene rings is 2. The Hall–Kier alpha value is -3.49. The van der Waals surface area contributed by atoms with E-state index in [-0.39, 0.29) is 11.3 Å². The number of carbonyl (C=O) groups excluding carboxylic acids is 2. The highest BCUT2D eigenvalue weighted by Crippen LogP contribution is 2.22. The number of carbonyl (C=O) groups is 2. The van der Waals surface area contributed by atoms with Crippen LogP contribution in [0.5, 0.6) is 5.75 Å². The summed E-state index contributed by atoms with van der Waals surface area (Å²) in [5.41, 5.74) is -0.209. The van der Waals surface area contributed by atoms with Crippen molar-refractivity contribution in [2.24, 2.45) is 0 Å². The Kier molecular flexibility index (Phi) is 5.28. The topological polar surface area (TPSA) is 119 Å². The van der Waals surface area contributed by atoms with E-state index < -0.39 is 40.6 Å². The fraction of sp³-hybridized carbons (Fsp3) is 0.125. The first-order chi connectivity index (χ1) is 11.8. The van der Waals surface area contributed by atoms with Crippen molar-refractivity contribution in [3.8, 4) is 5.75 Å². The summed E-state index contributed by atoms with van der Waals surface area (Å²) in [5, 5.41) is 22.4. The molecule has 0 unspecified atom stereocenters. The number of phenolic OH excluding ortho intramolecular Hbond substituents is 1. The van der Waals surface area contributed by atoms with Crippen molar-refractivity contribution in [3.05, 3.63) is 63.5 Å². The van der Waals surface area contributed by atoms with Crippen molar-refractivity contribution in [1.29, 1.82) is 0 Å². The first-order valence-electron chi connectivity index (χ1n) is 6.98. The Bertz CT molecular complexity index is 853. The van der Waals surface area contributed by atoms with Crippen molar-refractivity contribution in [2.75, 3.05) is 11.9 Å². The highest BCUT2D eigenvalue weighted by atomic mass is 19.1. The third-order valence-electron chi connectivity index (χ3n) is 3.14. The molecule has 0 saturated heterocycles. The molecule has 0 aromatic heterocycles. The Morgan fingerprint density at radius 3 is 2.64 bits per heavy atom. The van der Waals surface area contributed by atoms with E-state index in [1.54, 1.807) is 13.0 Å². The number of esters is 1. The average molecular weight is 348 g/mol. The fourth-order valence-electron chi connectivity index (χ4n) is 1.93. The molecule has 0 aliphatic rings. The van der Waals surface area contributed by atoms with Crippen LogP contribution < -0.4 is 5.32 Å². The highest BCUT2D eigenvalue weighted by Gasteiger charge is 2.16. The van der Waals surface area contributed by atoms with Crippen LogP contribution in [-0.4, -0.2) is 28.5 Å². The van der Waals surface area contributed by atoms with Gasteiger partial charge in [-0.15, -0.1) is 0 Å². The summed E-state index contributed by atoms with van der Waals surface area (Å²) in [5.74, 6) is -3.00. The van der Waals surface area contributed by atoms with Gasteiger partial charge in [-0.1, -0.05) is 6.07 Å². The van der Waals surface area contributed by atoms with Crippen LogP contribution in [0.25, 0.3) is 0 Å². The Labute approximate surface area is 141 Å². The molecule has 130 valence electrons. The van der Waals surface area contributed by atoms with Gasteiger partial charge in [-0.2, -0.15) is 0 Å². The molecule has 2 N–H and O–H groups in total. The molecule has 0 heterocycles. The lowest BCUT2D eigenvalue weighted by atomic mass is 10.1. The minimum absolute atomic E-state index is 0.125. The first-order valence-corrected chi connectivity index (χ1v) is 6.98. The molecule has 0 radical (unpaired) electrons. The summed E-state index contributed by atoms with van der Waals surface area (Å²) in [6, 6.07) is 6.91. The molecule has 8 nitrogen and oxygen atoms in total. The molecule has 9 heteroatoms. The second-order valence-corrected chi connectivity index (χ2v) is 5.07. The lowest BCUT2D eigenvalue weighted by Gasteiger charge is -2.08. The predicted octanol–water partition coefficient (Wildman–Crippen LogP) is 2.54. The normalized spacial score (nSPS) is 10.2. The molecule has 25 heavy (non-hydrogen) atoms. The number of phenols is 1. The minimum atomic E-state index is -0.938. The van der Waals surface area contributed by atoms with Gasteiger partial charge < -0.3 is 15.2 Å². The van der Waals surface area contributed by atoms with Crippen LogP contribution in [0.3, 0.4) is 0 Å². The number of nitrogens with zero attached hydrogens (tertiary/aromatic N) is 1. The Balaban J connectivity index is 2.00. The molecule has 1 amide bonds. The molecule has 0 spiro atoms. The van der Waals surface area contributed by atoms with Gasteiger partial charge in [0, 0.05) is 12.1 Å². The number of ether oxygens (including phenoxy) is 1. The van der Waals surface area contributed by atoms with Crippen molar-refractivity contribution in [2.45, 2.75) is 6.92 Å². The summed E-state index contributed by atoms with van der Waals surface area (Å²) in [6.45, 7) is 0.962. The molecule has 0 fully saturated rings. The van der Waals surface area contributed by atoms with Crippen LogP contribution in [0.15, 0.2) is 36.4 Å². The van der Waals surface area contributed by atoms with E-state index >= 15 is 0 Å². The van der Waals surface area contributed by atoms with E-state index in [0.717, 1.165) is 23.8 Å². The SMILES string of the molecule is Cc1ccc(C(=O)OCC(=O)Nc2cc([N+](=O)[O-])ccc2F)c(O)c1. The number of nitro groups is 1. The number of hydrogen-bond acceptors (Lipinski definition) is 6. The summed E-state index contributed by atoms with van der Waals surface area (Å²) in [7, 11) is 0. The lowest BCUT2D eigenvalue weighted by molar-refractivity contribution is -0.384. The highest BCUT2D eigenvalue weighted by molar-refractivity contribution is 5.96. The molecular weight excluding hydrogens is 335 g/mol. The molecule has 0 bridgehead atoms. The number of non-ortho nitro benzene ring substituents is 1. The molecule has 2 aromatic carbocycles. The van der Waals surface area contributed by atoms with Gasteiger partial charge in [0.15, 0.2) is 6.61 Å². The van der Waals surface area contributed by atoms with Crippen LogP contribution in [0.2, 0.25) is 0 Å². The van der Waals surface area contributed by atoms with Crippen molar-refractivity contribution in [3.63, 3.8) is 0 Å². The van der Waals surface area contributed by atoms with Gasteiger partial charge in [-0.25, -0.2) is 9.18 Å².